The normalized spacial score (nSPS) is 11.4. The molecule has 2 aromatic heterocycles. The summed E-state index contributed by atoms with van der Waals surface area (Å²) in [6, 6.07) is 6.58. The fraction of sp³-hybridized carbons (Fsp3) is 0.105. The van der Waals surface area contributed by atoms with Gasteiger partial charge in [0.1, 0.15) is 10.6 Å². The first kappa shape index (κ1) is 21.3. The van der Waals surface area contributed by atoms with Crippen LogP contribution in [0.4, 0.5) is 0 Å². The van der Waals surface area contributed by atoms with Crippen molar-refractivity contribution in [2.45, 2.75) is 6.92 Å². The molecule has 0 radical (unpaired) electrons. The SMILES string of the molecule is COC(=O)c1sccc1C(=O)N/N=C(/C)c1csc(-c2ccc(Cl)c(Cl)c2)c1O. The summed E-state index contributed by atoms with van der Waals surface area (Å²) >= 11 is 14.4. The lowest BCUT2D eigenvalue weighted by Gasteiger charge is -2.04. The van der Waals surface area contributed by atoms with E-state index in [1.165, 1.54) is 24.5 Å². The number of rotatable bonds is 5. The van der Waals surface area contributed by atoms with Crippen LogP contribution in [0.1, 0.15) is 32.5 Å². The maximum Gasteiger partial charge on any atom is 0.348 e. The molecule has 1 amide bonds. The van der Waals surface area contributed by atoms with E-state index in [-0.39, 0.29) is 16.2 Å². The van der Waals surface area contributed by atoms with Crippen LogP contribution in [-0.2, 0) is 4.74 Å². The van der Waals surface area contributed by atoms with Crippen LogP contribution in [-0.4, -0.2) is 29.8 Å². The lowest BCUT2D eigenvalue weighted by molar-refractivity contribution is 0.0602. The van der Waals surface area contributed by atoms with E-state index in [1.54, 1.807) is 35.9 Å². The molecule has 0 saturated heterocycles. The number of nitrogens with one attached hydrogen (secondary N) is 1. The van der Waals surface area contributed by atoms with Gasteiger partial charge in [0.05, 0.1) is 38.9 Å². The van der Waals surface area contributed by atoms with E-state index in [0.717, 1.165) is 11.3 Å². The number of ether oxygens (including phenoxy) is 1. The Morgan fingerprint density at radius 1 is 1.14 bits per heavy atom. The summed E-state index contributed by atoms with van der Waals surface area (Å²) in [6.07, 6.45) is 0. The average molecular weight is 469 g/mol. The van der Waals surface area contributed by atoms with E-state index >= 15 is 0 Å². The number of benzene rings is 1. The zero-order valence-corrected chi connectivity index (χ0v) is 18.3. The van der Waals surface area contributed by atoms with Crippen molar-refractivity contribution in [2.24, 2.45) is 5.10 Å². The van der Waals surface area contributed by atoms with Crippen molar-refractivity contribution in [2.75, 3.05) is 7.11 Å². The van der Waals surface area contributed by atoms with Crippen LogP contribution in [0.25, 0.3) is 10.4 Å². The first-order valence-electron chi connectivity index (χ1n) is 8.10. The van der Waals surface area contributed by atoms with Gasteiger partial charge in [0.2, 0.25) is 0 Å². The van der Waals surface area contributed by atoms with Crippen molar-refractivity contribution in [3.8, 4) is 16.2 Å². The minimum Gasteiger partial charge on any atom is -0.506 e. The van der Waals surface area contributed by atoms with E-state index in [1.807, 2.05) is 0 Å². The van der Waals surface area contributed by atoms with Gasteiger partial charge in [0.25, 0.3) is 5.91 Å². The lowest BCUT2D eigenvalue weighted by Crippen LogP contribution is -2.21. The quantitative estimate of drug-likeness (QED) is 0.296. The zero-order chi connectivity index (χ0) is 21.1. The number of amides is 1. The number of aromatic hydroxyl groups is 1. The Bertz CT molecular complexity index is 1120. The van der Waals surface area contributed by atoms with Gasteiger partial charge in [-0.05, 0) is 36.1 Å². The highest BCUT2D eigenvalue weighted by Gasteiger charge is 2.20. The molecule has 0 spiro atoms. The summed E-state index contributed by atoms with van der Waals surface area (Å²) < 4.78 is 4.66. The number of hydrogen-bond acceptors (Lipinski definition) is 7. The second kappa shape index (κ2) is 8.96. The van der Waals surface area contributed by atoms with Gasteiger partial charge in [-0.2, -0.15) is 5.10 Å². The molecule has 6 nitrogen and oxygen atoms in total. The van der Waals surface area contributed by atoms with Crippen molar-refractivity contribution >= 4 is 63.5 Å². The predicted octanol–water partition coefficient (Wildman–Crippen LogP) is 5.43. The number of carbonyl (C=O) groups excluding carboxylic acids is 2. The van der Waals surface area contributed by atoms with Gasteiger partial charge in [-0.1, -0.05) is 29.3 Å². The molecule has 0 aliphatic carbocycles. The number of methoxy groups -OCH3 is 1. The topological polar surface area (TPSA) is 88.0 Å². The van der Waals surface area contributed by atoms with Crippen molar-refractivity contribution in [3.63, 3.8) is 0 Å². The standard InChI is InChI=1S/C19H14Cl2N2O4S2/c1-9(22-23-18(25)11-5-6-28-17(11)19(26)27-2)12-8-29-16(15(12)24)10-3-4-13(20)14(21)7-10/h3-8,24H,1-2H3,(H,23,25)/b22-9-. The van der Waals surface area contributed by atoms with Gasteiger partial charge < -0.3 is 9.84 Å². The van der Waals surface area contributed by atoms with Gasteiger partial charge in [-0.25, -0.2) is 10.2 Å². The molecule has 3 rings (SSSR count). The number of hydrazone groups is 1. The van der Waals surface area contributed by atoms with E-state index in [0.29, 0.717) is 31.8 Å². The molecule has 0 unspecified atom stereocenters. The van der Waals surface area contributed by atoms with E-state index < -0.39 is 11.9 Å². The fourth-order valence-electron chi connectivity index (χ4n) is 2.44. The van der Waals surface area contributed by atoms with E-state index in [4.69, 9.17) is 23.2 Å². The van der Waals surface area contributed by atoms with Gasteiger partial charge >= 0.3 is 5.97 Å². The summed E-state index contributed by atoms with van der Waals surface area (Å²) in [5, 5.41) is 18.8. The number of nitrogens with zero attached hydrogens (tertiary/aromatic N) is 1. The van der Waals surface area contributed by atoms with Crippen LogP contribution in [0.5, 0.6) is 5.75 Å². The molecule has 0 saturated carbocycles. The predicted molar refractivity (Wildman–Crippen MR) is 117 cm³/mol. The van der Waals surface area contributed by atoms with Crippen molar-refractivity contribution in [3.05, 3.63) is 61.1 Å². The Hall–Kier alpha value is -2.39. The molecule has 10 heteroatoms. The van der Waals surface area contributed by atoms with Crippen LogP contribution in [0, 0.1) is 0 Å². The minimum atomic E-state index is -0.590. The van der Waals surface area contributed by atoms with Crippen LogP contribution >= 0.6 is 45.9 Å². The van der Waals surface area contributed by atoms with Crippen molar-refractivity contribution < 1.29 is 19.4 Å². The Balaban J connectivity index is 1.81. The molecule has 2 heterocycles. The molecular formula is C19H14Cl2N2O4S2. The second-order valence-corrected chi connectivity index (χ2v) is 8.36. The third-order valence-electron chi connectivity index (χ3n) is 3.94. The molecular weight excluding hydrogens is 455 g/mol. The Labute approximate surface area is 184 Å². The number of thiophene rings is 2. The van der Waals surface area contributed by atoms with Gasteiger partial charge in [0, 0.05) is 5.38 Å². The van der Waals surface area contributed by atoms with Gasteiger partial charge in [0.15, 0.2) is 0 Å². The first-order valence-corrected chi connectivity index (χ1v) is 10.6. The third-order valence-corrected chi connectivity index (χ3v) is 6.59. The maximum absolute atomic E-state index is 12.4. The average Bonchev–Trinajstić information content (AvgIpc) is 3.34. The molecule has 2 N–H and O–H groups in total. The summed E-state index contributed by atoms with van der Waals surface area (Å²) in [5.74, 6) is -1.12. The Morgan fingerprint density at radius 2 is 1.90 bits per heavy atom. The number of hydrogen-bond donors (Lipinski definition) is 2. The first-order chi connectivity index (χ1) is 13.8. The molecule has 0 aliphatic heterocycles. The smallest absolute Gasteiger partial charge is 0.348 e. The molecule has 0 fully saturated rings. The van der Waals surface area contributed by atoms with Crippen molar-refractivity contribution in [1.29, 1.82) is 0 Å². The summed E-state index contributed by atoms with van der Waals surface area (Å²) in [5.41, 5.74) is 4.15. The van der Waals surface area contributed by atoms with Crippen LogP contribution in [0.15, 0.2) is 40.1 Å². The van der Waals surface area contributed by atoms with Crippen molar-refractivity contribution in [1.82, 2.24) is 5.43 Å². The molecule has 0 bridgehead atoms. The number of halogens is 2. The van der Waals surface area contributed by atoms with E-state index in [9.17, 15) is 14.7 Å². The summed E-state index contributed by atoms with van der Waals surface area (Å²) in [6.45, 7) is 1.65. The van der Waals surface area contributed by atoms with Crippen LogP contribution < -0.4 is 5.43 Å². The Kier molecular flexibility index (Phi) is 6.59. The zero-order valence-electron chi connectivity index (χ0n) is 15.2. The highest BCUT2D eigenvalue weighted by Crippen LogP contribution is 2.40. The summed E-state index contributed by atoms with van der Waals surface area (Å²) in [4.78, 5) is 24.9. The van der Waals surface area contributed by atoms with E-state index in [2.05, 4.69) is 15.3 Å². The fourth-order valence-corrected chi connectivity index (χ4v) is 4.55. The summed E-state index contributed by atoms with van der Waals surface area (Å²) in [7, 11) is 1.25. The lowest BCUT2D eigenvalue weighted by atomic mass is 10.1. The second-order valence-electron chi connectivity index (χ2n) is 5.75. The molecule has 0 atom stereocenters. The number of esters is 1. The third kappa shape index (κ3) is 4.45. The molecule has 150 valence electrons. The molecule has 3 aromatic rings. The largest absolute Gasteiger partial charge is 0.506 e. The van der Waals surface area contributed by atoms with Gasteiger partial charge in [-0.3, -0.25) is 4.79 Å². The van der Waals surface area contributed by atoms with Crippen LogP contribution in [0.3, 0.4) is 0 Å². The van der Waals surface area contributed by atoms with Crippen LogP contribution in [0.2, 0.25) is 10.0 Å². The van der Waals surface area contributed by atoms with Gasteiger partial charge in [-0.15, -0.1) is 22.7 Å². The molecule has 1 aromatic carbocycles. The monoisotopic (exact) mass is 468 g/mol. The minimum absolute atomic E-state index is 0.0228. The Morgan fingerprint density at radius 3 is 2.59 bits per heavy atom. The maximum atomic E-state index is 12.4. The number of carbonyl (C=O) groups is 2. The highest BCUT2D eigenvalue weighted by atomic mass is 35.5. The highest BCUT2D eigenvalue weighted by molar-refractivity contribution is 7.14. The molecule has 0 aliphatic rings. The molecule has 29 heavy (non-hydrogen) atoms.